The molecule has 1 atom stereocenters. The van der Waals surface area contributed by atoms with E-state index in [0.717, 1.165) is 18.4 Å². The summed E-state index contributed by atoms with van der Waals surface area (Å²) in [6, 6.07) is 7.38. The van der Waals surface area contributed by atoms with Crippen LogP contribution in [-0.4, -0.2) is 25.1 Å². The lowest BCUT2D eigenvalue weighted by Gasteiger charge is -2.18. The van der Waals surface area contributed by atoms with Crippen LogP contribution in [0.3, 0.4) is 0 Å². The van der Waals surface area contributed by atoms with Gasteiger partial charge >= 0.3 is 0 Å². The van der Waals surface area contributed by atoms with Crippen LogP contribution in [0.4, 0.5) is 0 Å². The molecule has 0 aliphatic heterocycles. The van der Waals surface area contributed by atoms with E-state index in [-0.39, 0.29) is 24.4 Å². The first-order valence-electron chi connectivity index (χ1n) is 5.90. The smallest absolute Gasteiger partial charge is 0.240 e. The molecule has 1 fully saturated rings. The highest BCUT2D eigenvalue weighted by Gasteiger charge is 2.45. The van der Waals surface area contributed by atoms with Crippen molar-refractivity contribution in [3.8, 4) is 0 Å². The van der Waals surface area contributed by atoms with E-state index in [2.05, 4.69) is 5.32 Å². The van der Waals surface area contributed by atoms with Gasteiger partial charge < -0.3 is 15.8 Å². The summed E-state index contributed by atoms with van der Waals surface area (Å²) in [7, 11) is 1.61. The van der Waals surface area contributed by atoms with Gasteiger partial charge in [-0.2, -0.15) is 0 Å². The lowest BCUT2D eigenvalue weighted by atomic mass is 10.1. The maximum atomic E-state index is 11.7. The minimum Gasteiger partial charge on any atom is -0.375 e. The molecule has 19 heavy (non-hydrogen) atoms. The van der Waals surface area contributed by atoms with Crippen molar-refractivity contribution < 1.29 is 9.53 Å². The van der Waals surface area contributed by atoms with Gasteiger partial charge in [0.05, 0.1) is 11.6 Å². The van der Waals surface area contributed by atoms with Gasteiger partial charge in [-0.15, -0.1) is 12.4 Å². The molecule has 0 heterocycles. The fourth-order valence-corrected chi connectivity index (χ4v) is 1.86. The number of hydrogen-bond donors (Lipinski definition) is 2. The van der Waals surface area contributed by atoms with Gasteiger partial charge in [0.1, 0.15) is 0 Å². The summed E-state index contributed by atoms with van der Waals surface area (Å²) in [4.78, 5) is 11.7. The van der Waals surface area contributed by atoms with Crippen LogP contribution >= 0.6 is 24.0 Å². The van der Waals surface area contributed by atoms with E-state index in [9.17, 15) is 4.79 Å². The third-order valence-corrected chi connectivity index (χ3v) is 3.47. The second kappa shape index (κ2) is 6.57. The van der Waals surface area contributed by atoms with Gasteiger partial charge in [-0.1, -0.05) is 23.7 Å². The minimum atomic E-state index is -0.641. The normalized spacial score (nSPS) is 17.2. The van der Waals surface area contributed by atoms with Crippen molar-refractivity contribution in [1.29, 1.82) is 0 Å². The van der Waals surface area contributed by atoms with Crippen molar-refractivity contribution >= 4 is 29.9 Å². The maximum Gasteiger partial charge on any atom is 0.240 e. The summed E-state index contributed by atoms with van der Waals surface area (Å²) < 4.78 is 5.36. The van der Waals surface area contributed by atoms with Gasteiger partial charge in [-0.05, 0) is 30.5 Å². The van der Waals surface area contributed by atoms with Crippen molar-refractivity contribution in [3.05, 3.63) is 34.9 Å². The molecular weight excluding hydrogens is 287 g/mol. The Balaban J connectivity index is 0.00000180. The average Bonchev–Trinajstić information content (AvgIpc) is 3.11. The Kier molecular flexibility index (Phi) is 5.62. The van der Waals surface area contributed by atoms with E-state index in [0.29, 0.717) is 11.6 Å². The lowest BCUT2D eigenvalue weighted by molar-refractivity contribution is -0.123. The van der Waals surface area contributed by atoms with Gasteiger partial charge in [0, 0.05) is 18.7 Å². The number of halogens is 2. The Morgan fingerprint density at radius 3 is 2.53 bits per heavy atom. The number of nitrogens with two attached hydrogens (primary N) is 1. The Morgan fingerprint density at radius 1 is 1.47 bits per heavy atom. The molecule has 4 nitrogen and oxygen atoms in total. The molecule has 0 saturated heterocycles. The molecule has 0 aromatic heterocycles. The van der Waals surface area contributed by atoms with E-state index in [1.165, 1.54) is 0 Å². The Hall–Kier alpha value is -0.810. The van der Waals surface area contributed by atoms with Gasteiger partial charge in [0.25, 0.3) is 0 Å². The Labute approximate surface area is 124 Å². The summed E-state index contributed by atoms with van der Waals surface area (Å²) in [6.45, 7) is 0.413. The number of methoxy groups -OCH3 is 1. The first-order valence-corrected chi connectivity index (χ1v) is 6.28. The monoisotopic (exact) mass is 304 g/mol. The molecule has 1 amide bonds. The summed E-state index contributed by atoms with van der Waals surface area (Å²) in [5, 5.41) is 3.50. The van der Waals surface area contributed by atoms with E-state index in [4.69, 9.17) is 22.1 Å². The second-order valence-corrected chi connectivity index (χ2v) is 5.08. The molecule has 2 rings (SSSR count). The average molecular weight is 305 g/mol. The number of benzene rings is 1. The van der Waals surface area contributed by atoms with Crippen LogP contribution in [0.15, 0.2) is 24.3 Å². The van der Waals surface area contributed by atoms with Gasteiger partial charge in [0.15, 0.2) is 0 Å². The number of amides is 1. The summed E-state index contributed by atoms with van der Waals surface area (Å²) >= 11 is 5.83. The topological polar surface area (TPSA) is 64.3 Å². The molecule has 3 N–H and O–H groups in total. The summed E-state index contributed by atoms with van der Waals surface area (Å²) in [5.74, 6) is -0.0986. The summed E-state index contributed by atoms with van der Waals surface area (Å²) in [6.07, 6.45) is 1.34. The predicted octanol–water partition coefficient (Wildman–Crippen LogP) is 2.06. The first-order chi connectivity index (χ1) is 8.55. The Morgan fingerprint density at radius 2 is 2.05 bits per heavy atom. The van der Waals surface area contributed by atoms with Crippen molar-refractivity contribution in [3.63, 3.8) is 0 Å². The third-order valence-electron chi connectivity index (χ3n) is 3.22. The fourth-order valence-electron chi connectivity index (χ4n) is 1.74. The molecule has 1 aromatic rings. The molecule has 1 unspecified atom stereocenters. The van der Waals surface area contributed by atoms with Crippen LogP contribution in [0.2, 0.25) is 5.02 Å². The molecule has 106 valence electrons. The summed E-state index contributed by atoms with van der Waals surface area (Å²) in [5.41, 5.74) is 6.14. The molecule has 0 bridgehead atoms. The zero-order valence-corrected chi connectivity index (χ0v) is 12.3. The number of rotatable bonds is 5. The standard InChI is InChI=1S/C13H17ClN2O2.ClH/c1-18-11(9-2-4-10(14)5-3-9)8-16-12(17)13(15)6-7-13;/h2-5,11H,6-8,15H2,1H3,(H,16,17);1H. The van der Waals surface area contributed by atoms with Crippen LogP contribution in [-0.2, 0) is 9.53 Å². The van der Waals surface area contributed by atoms with Crippen molar-refractivity contribution in [2.75, 3.05) is 13.7 Å². The van der Waals surface area contributed by atoms with Crippen LogP contribution in [0.25, 0.3) is 0 Å². The predicted molar refractivity (Wildman–Crippen MR) is 77.6 cm³/mol. The number of carbonyl (C=O) groups is 1. The van der Waals surface area contributed by atoms with E-state index in [1.807, 2.05) is 12.1 Å². The Bertz CT molecular complexity index is 433. The minimum absolute atomic E-state index is 0. The highest BCUT2D eigenvalue weighted by molar-refractivity contribution is 6.30. The molecule has 1 saturated carbocycles. The molecule has 0 spiro atoms. The van der Waals surface area contributed by atoms with Crippen LogP contribution in [0, 0.1) is 0 Å². The van der Waals surface area contributed by atoms with Gasteiger partial charge in [0.2, 0.25) is 5.91 Å². The molecule has 1 aliphatic carbocycles. The SMILES string of the molecule is COC(CNC(=O)C1(N)CC1)c1ccc(Cl)cc1.Cl. The van der Waals surface area contributed by atoms with Crippen LogP contribution in [0.5, 0.6) is 0 Å². The van der Waals surface area contributed by atoms with E-state index >= 15 is 0 Å². The van der Waals surface area contributed by atoms with Crippen molar-refractivity contribution in [2.45, 2.75) is 24.5 Å². The molecule has 1 aromatic carbocycles. The number of nitrogens with one attached hydrogen (secondary N) is 1. The maximum absolute atomic E-state index is 11.7. The van der Waals surface area contributed by atoms with Crippen LogP contribution in [0.1, 0.15) is 24.5 Å². The molecular formula is C13H18Cl2N2O2. The molecule has 6 heteroatoms. The number of ether oxygens (including phenoxy) is 1. The first kappa shape index (κ1) is 16.2. The van der Waals surface area contributed by atoms with E-state index in [1.54, 1.807) is 19.2 Å². The zero-order valence-electron chi connectivity index (χ0n) is 10.7. The third kappa shape index (κ3) is 4.08. The fraction of sp³-hybridized carbons (Fsp3) is 0.462. The van der Waals surface area contributed by atoms with Crippen LogP contribution < -0.4 is 11.1 Å². The highest BCUT2D eigenvalue weighted by atomic mass is 35.5. The number of carbonyl (C=O) groups excluding carboxylic acids is 1. The largest absolute Gasteiger partial charge is 0.375 e. The number of hydrogen-bond acceptors (Lipinski definition) is 3. The van der Waals surface area contributed by atoms with Gasteiger partial charge in [-0.3, -0.25) is 4.79 Å². The van der Waals surface area contributed by atoms with Gasteiger partial charge in [-0.25, -0.2) is 0 Å². The second-order valence-electron chi connectivity index (χ2n) is 4.64. The lowest BCUT2D eigenvalue weighted by Crippen LogP contribution is -2.44. The van der Waals surface area contributed by atoms with Crippen molar-refractivity contribution in [2.24, 2.45) is 5.73 Å². The molecule has 1 aliphatic rings. The zero-order chi connectivity index (χ0) is 13.2. The van der Waals surface area contributed by atoms with Crippen molar-refractivity contribution in [1.82, 2.24) is 5.32 Å². The quantitative estimate of drug-likeness (QED) is 0.875. The highest BCUT2D eigenvalue weighted by Crippen LogP contribution is 2.32. The van der Waals surface area contributed by atoms with E-state index < -0.39 is 5.54 Å². The molecule has 0 radical (unpaired) electrons.